The SMILES string of the molecule is C/C(=N/Nc1ccc(Cl)c(Cl)c1)c1cccc(-n2cnnn2)c1. The van der Waals surface area contributed by atoms with Crippen molar-refractivity contribution in [3.05, 3.63) is 64.4 Å². The molecular weight excluding hydrogens is 335 g/mol. The molecule has 2 aromatic carbocycles. The molecule has 0 spiro atoms. The average molecular weight is 347 g/mol. The molecule has 0 amide bonds. The Balaban J connectivity index is 1.80. The van der Waals surface area contributed by atoms with E-state index in [-0.39, 0.29) is 0 Å². The predicted octanol–water partition coefficient (Wildman–Crippen LogP) is 3.81. The third-order valence-electron chi connectivity index (χ3n) is 3.15. The summed E-state index contributed by atoms with van der Waals surface area (Å²) in [4.78, 5) is 0. The maximum Gasteiger partial charge on any atom is 0.143 e. The van der Waals surface area contributed by atoms with Crippen LogP contribution in [-0.4, -0.2) is 25.9 Å². The van der Waals surface area contributed by atoms with Crippen molar-refractivity contribution in [3.8, 4) is 5.69 Å². The maximum atomic E-state index is 5.98. The van der Waals surface area contributed by atoms with Crippen LogP contribution in [0.5, 0.6) is 0 Å². The van der Waals surface area contributed by atoms with Crippen molar-refractivity contribution >= 4 is 34.6 Å². The zero-order chi connectivity index (χ0) is 16.2. The van der Waals surface area contributed by atoms with Gasteiger partial charge in [-0.3, -0.25) is 5.43 Å². The molecule has 0 atom stereocenters. The van der Waals surface area contributed by atoms with Crippen molar-refractivity contribution in [2.45, 2.75) is 6.92 Å². The van der Waals surface area contributed by atoms with E-state index in [0.717, 1.165) is 22.6 Å². The topological polar surface area (TPSA) is 68.0 Å². The molecule has 0 bridgehead atoms. The van der Waals surface area contributed by atoms with Crippen LogP contribution in [0.15, 0.2) is 53.9 Å². The van der Waals surface area contributed by atoms with E-state index in [1.165, 1.54) is 0 Å². The third-order valence-corrected chi connectivity index (χ3v) is 3.89. The van der Waals surface area contributed by atoms with Crippen LogP contribution in [0, 0.1) is 0 Å². The fourth-order valence-corrected chi connectivity index (χ4v) is 2.23. The molecule has 6 nitrogen and oxygen atoms in total. The van der Waals surface area contributed by atoms with E-state index < -0.39 is 0 Å². The second kappa shape index (κ2) is 6.76. The molecule has 0 saturated heterocycles. The van der Waals surface area contributed by atoms with Crippen LogP contribution in [0.25, 0.3) is 5.69 Å². The number of hydrogen-bond donors (Lipinski definition) is 1. The number of anilines is 1. The minimum atomic E-state index is 0.477. The molecule has 23 heavy (non-hydrogen) atoms. The van der Waals surface area contributed by atoms with Crippen molar-refractivity contribution in [1.82, 2.24) is 20.2 Å². The predicted molar refractivity (Wildman–Crippen MR) is 91.4 cm³/mol. The highest BCUT2D eigenvalue weighted by Crippen LogP contribution is 2.25. The monoisotopic (exact) mass is 346 g/mol. The first-order valence-corrected chi connectivity index (χ1v) is 7.48. The molecule has 3 aromatic rings. The van der Waals surface area contributed by atoms with E-state index in [1.54, 1.807) is 23.1 Å². The smallest absolute Gasteiger partial charge is 0.143 e. The summed E-state index contributed by atoms with van der Waals surface area (Å²) in [5.41, 5.74) is 6.34. The maximum absolute atomic E-state index is 5.98. The standard InChI is InChI=1S/C15H12Cl2N6/c1-10(19-20-12-5-6-14(16)15(17)8-12)11-3-2-4-13(7-11)23-9-18-21-22-23/h2-9,20H,1H3/b19-10-. The summed E-state index contributed by atoms with van der Waals surface area (Å²) in [5, 5.41) is 16.5. The summed E-state index contributed by atoms with van der Waals surface area (Å²) < 4.78 is 1.59. The first-order chi connectivity index (χ1) is 11.1. The van der Waals surface area contributed by atoms with Crippen molar-refractivity contribution in [1.29, 1.82) is 0 Å². The zero-order valence-corrected chi connectivity index (χ0v) is 13.6. The Bertz CT molecular complexity index is 845. The van der Waals surface area contributed by atoms with Crippen LogP contribution < -0.4 is 5.43 Å². The molecule has 1 heterocycles. The summed E-state index contributed by atoms with van der Waals surface area (Å²) in [6, 6.07) is 13.0. The molecule has 1 aromatic heterocycles. The van der Waals surface area contributed by atoms with Gasteiger partial charge in [-0.15, -0.1) is 5.10 Å². The number of aromatic nitrogens is 4. The van der Waals surface area contributed by atoms with Gasteiger partial charge in [0, 0.05) is 0 Å². The minimum absolute atomic E-state index is 0.477. The summed E-state index contributed by atoms with van der Waals surface area (Å²) in [7, 11) is 0. The number of tetrazole rings is 1. The normalized spacial score (nSPS) is 11.5. The van der Waals surface area contributed by atoms with E-state index in [1.807, 2.05) is 37.3 Å². The zero-order valence-electron chi connectivity index (χ0n) is 12.1. The summed E-state index contributed by atoms with van der Waals surface area (Å²) in [5.74, 6) is 0. The first kappa shape index (κ1) is 15.5. The largest absolute Gasteiger partial charge is 0.278 e. The summed E-state index contributed by atoms with van der Waals surface area (Å²) >= 11 is 11.9. The van der Waals surface area contributed by atoms with Gasteiger partial charge in [-0.25, -0.2) is 4.68 Å². The fraction of sp³-hybridized carbons (Fsp3) is 0.0667. The molecule has 3 rings (SSSR count). The third kappa shape index (κ3) is 3.67. The van der Waals surface area contributed by atoms with Crippen LogP contribution in [0.4, 0.5) is 5.69 Å². The van der Waals surface area contributed by atoms with Gasteiger partial charge in [-0.1, -0.05) is 35.3 Å². The van der Waals surface area contributed by atoms with Gasteiger partial charge >= 0.3 is 0 Å². The van der Waals surface area contributed by atoms with Gasteiger partial charge in [-0.2, -0.15) is 5.10 Å². The number of benzene rings is 2. The van der Waals surface area contributed by atoms with Crippen molar-refractivity contribution < 1.29 is 0 Å². The van der Waals surface area contributed by atoms with Gasteiger partial charge in [-0.05, 0) is 53.2 Å². The van der Waals surface area contributed by atoms with E-state index >= 15 is 0 Å². The lowest BCUT2D eigenvalue weighted by atomic mass is 10.1. The molecule has 0 aliphatic heterocycles. The lowest BCUT2D eigenvalue weighted by Gasteiger charge is -2.06. The summed E-state index contributed by atoms with van der Waals surface area (Å²) in [6.07, 6.45) is 1.54. The quantitative estimate of drug-likeness (QED) is 0.576. The molecular formula is C15H12Cl2N6. The Morgan fingerprint density at radius 1 is 1.13 bits per heavy atom. The molecule has 0 fully saturated rings. The molecule has 8 heteroatoms. The van der Waals surface area contributed by atoms with Crippen LogP contribution in [0.1, 0.15) is 12.5 Å². The highest BCUT2D eigenvalue weighted by molar-refractivity contribution is 6.42. The molecule has 116 valence electrons. The van der Waals surface area contributed by atoms with Gasteiger partial charge < -0.3 is 0 Å². The number of rotatable bonds is 4. The molecule has 0 aliphatic carbocycles. The van der Waals surface area contributed by atoms with E-state index in [9.17, 15) is 0 Å². The van der Waals surface area contributed by atoms with Crippen LogP contribution in [-0.2, 0) is 0 Å². The molecule has 0 radical (unpaired) electrons. The van der Waals surface area contributed by atoms with Gasteiger partial charge in [0.1, 0.15) is 6.33 Å². The Kier molecular flexibility index (Phi) is 4.55. The molecule has 0 aliphatic rings. The minimum Gasteiger partial charge on any atom is -0.278 e. The highest BCUT2D eigenvalue weighted by atomic mass is 35.5. The Morgan fingerprint density at radius 3 is 2.74 bits per heavy atom. The molecule has 1 N–H and O–H groups in total. The van der Waals surface area contributed by atoms with Gasteiger partial charge in [0.25, 0.3) is 0 Å². The Labute approximate surface area is 142 Å². The van der Waals surface area contributed by atoms with Crippen LogP contribution in [0.3, 0.4) is 0 Å². The van der Waals surface area contributed by atoms with E-state index in [4.69, 9.17) is 23.2 Å². The second-order valence-electron chi connectivity index (χ2n) is 4.74. The number of hydrogen-bond acceptors (Lipinski definition) is 5. The van der Waals surface area contributed by atoms with E-state index in [2.05, 4.69) is 26.1 Å². The average Bonchev–Trinajstić information content (AvgIpc) is 3.10. The Hall–Kier alpha value is -2.44. The van der Waals surface area contributed by atoms with Crippen molar-refractivity contribution in [2.24, 2.45) is 5.10 Å². The molecule has 0 unspecified atom stereocenters. The number of hydrazone groups is 1. The van der Waals surface area contributed by atoms with E-state index in [0.29, 0.717) is 10.0 Å². The van der Waals surface area contributed by atoms with Crippen molar-refractivity contribution in [2.75, 3.05) is 5.43 Å². The lowest BCUT2D eigenvalue weighted by Crippen LogP contribution is -2.02. The van der Waals surface area contributed by atoms with Gasteiger partial charge in [0.2, 0.25) is 0 Å². The first-order valence-electron chi connectivity index (χ1n) is 6.72. The van der Waals surface area contributed by atoms with Gasteiger partial charge in [0.05, 0.1) is 27.1 Å². The Morgan fingerprint density at radius 2 is 2.00 bits per heavy atom. The second-order valence-corrected chi connectivity index (χ2v) is 5.56. The summed E-state index contributed by atoms with van der Waals surface area (Å²) in [6.45, 7) is 1.91. The van der Waals surface area contributed by atoms with Crippen LogP contribution in [0.2, 0.25) is 10.0 Å². The lowest BCUT2D eigenvalue weighted by molar-refractivity contribution is 0.789. The van der Waals surface area contributed by atoms with Gasteiger partial charge in [0.15, 0.2) is 0 Å². The number of nitrogens with one attached hydrogen (secondary N) is 1. The highest BCUT2D eigenvalue weighted by Gasteiger charge is 2.03. The number of nitrogens with zero attached hydrogens (tertiary/aromatic N) is 5. The fourth-order valence-electron chi connectivity index (χ4n) is 1.93. The van der Waals surface area contributed by atoms with Crippen LogP contribution >= 0.6 is 23.2 Å². The van der Waals surface area contributed by atoms with Crippen molar-refractivity contribution in [3.63, 3.8) is 0 Å². The number of halogens is 2. The molecule has 0 saturated carbocycles.